The lowest BCUT2D eigenvalue weighted by Crippen LogP contribution is -2.41. The molecule has 1 unspecified atom stereocenters. The van der Waals surface area contributed by atoms with Gasteiger partial charge >= 0.3 is 0 Å². The molecule has 37 heavy (non-hydrogen) atoms. The molecule has 5 nitrogen and oxygen atoms in total. The van der Waals surface area contributed by atoms with Crippen LogP contribution in [0.2, 0.25) is 0 Å². The lowest BCUT2D eigenvalue weighted by atomic mass is 9.80. The Balaban J connectivity index is 1.54. The van der Waals surface area contributed by atoms with Gasteiger partial charge in [-0.15, -0.1) is 0 Å². The van der Waals surface area contributed by atoms with Gasteiger partial charge in [0.1, 0.15) is 0 Å². The summed E-state index contributed by atoms with van der Waals surface area (Å²) < 4.78 is 3.07. The highest BCUT2D eigenvalue weighted by molar-refractivity contribution is 9.10. The van der Waals surface area contributed by atoms with E-state index in [9.17, 15) is 4.79 Å². The van der Waals surface area contributed by atoms with E-state index in [1.807, 2.05) is 24.0 Å². The largest absolute Gasteiger partial charge is 0.399 e. The Hall–Kier alpha value is -2.86. The first-order valence-corrected chi connectivity index (χ1v) is 14.4. The molecule has 194 valence electrons. The van der Waals surface area contributed by atoms with Crippen LogP contribution in [-0.4, -0.2) is 27.1 Å². The second-order valence-electron chi connectivity index (χ2n) is 10.5. The average molecular weight is 562 g/mol. The van der Waals surface area contributed by atoms with E-state index in [0.717, 1.165) is 58.6 Å². The van der Waals surface area contributed by atoms with Gasteiger partial charge in [-0.2, -0.15) is 5.10 Å². The fourth-order valence-corrected chi connectivity index (χ4v) is 6.37. The lowest BCUT2D eigenvalue weighted by molar-refractivity contribution is 0.0653. The van der Waals surface area contributed by atoms with Gasteiger partial charge in [0, 0.05) is 39.8 Å². The van der Waals surface area contributed by atoms with Crippen molar-refractivity contribution in [1.29, 1.82) is 0 Å². The molecule has 0 bridgehead atoms. The van der Waals surface area contributed by atoms with Crippen molar-refractivity contribution >= 4 is 27.5 Å². The molecule has 1 aliphatic carbocycles. The van der Waals surface area contributed by atoms with E-state index >= 15 is 0 Å². The monoisotopic (exact) mass is 560 g/mol. The Morgan fingerprint density at radius 2 is 1.89 bits per heavy atom. The fraction of sp³-hybridized carbons (Fsp3) is 0.419. The number of hydrogen-bond donors (Lipinski definition) is 1. The molecule has 6 heteroatoms. The zero-order valence-electron chi connectivity index (χ0n) is 22.2. The molecular weight excluding hydrogens is 524 g/mol. The summed E-state index contributed by atoms with van der Waals surface area (Å²) in [7, 11) is 0. The molecule has 2 aromatic carbocycles. The third-order valence-corrected chi connectivity index (χ3v) is 9.06. The number of carbonyl (C=O) groups excluding carboxylic acids is 1. The predicted molar refractivity (Wildman–Crippen MR) is 154 cm³/mol. The minimum absolute atomic E-state index is 0.00903. The van der Waals surface area contributed by atoms with E-state index in [-0.39, 0.29) is 11.9 Å². The third kappa shape index (κ3) is 4.54. The van der Waals surface area contributed by atoms with Crippen LogP contribution < -0.4 is 5.73 Å². The average Bonchev–Trinajstić information content (AvgIpc) is 3.22. The van der Waals surface area contributed by atoms with Crippen LogP contribution >= 0.6 is 15.9 Å². The molecule has 2 N–H and O–H groups in total. The molecule has 2 heterocycles. The number of rotatable bonds is 7. The molecule has 1 aliphatic heterocycles. The van der Waals surface area contributed by atoms with Crippen LogP contribution in [0.3, 0.4) is 0 Å². The van der Waals surface area contributed by atoms with E-state index in [4.69, 9.17) is 10.8 Å². The van der Waals surface area contributed by atoms with Crippen molar-refractivity contribution in [2.45, 2.75) is 77.7 Å². The Morgan fingerprint density at radius 3 is 2.49 bits per heavy atom. The van der Waals surface area contributed by atoms with E-state index in [1.54, 1.807) is 0 Å². The molecule has 1 atom stereocenters. The van der Waals surface area contributed by atoms with Crippen LogP contribution in [0.1, 0.15) is 102 Å². The number of hydrogen-bond acceptors (Lipinski definition) is 3. The van der Waals surface area contributed by atoms with Crippen molar-refractivity contribution in [3.8, 4) is 5.69 Å². The summed E-state index contributed by atoms with van der Waals surface area (Å²) in [5.41, 5.74) is 15.0. The molecule has 3 aromatic rings. The van der Waals surface area contributed by atoms with Gasteiger partial charge in [-0.3, -0.25) is 4.79 Å². The molecule has 1 aromatic heterocycles. The van der Waals surface area contributed by atoms with Gasteiger partial charge in [0.25, 0.3) is 5.91 Å². The van der Waals surface area contributed by atoms with Gasteiger partial charge in [0.05, 0.1) is 23.1 Å². The Morgan fingerprint density at radius 1 is 1.16 bits per heavy atom. The van der Waals surface area contributed by atoms with E-state index in [0.29, 0.717) is 17.8 Å². The van der Waals surface area contributed by atoms with Gasteiger partial charge < -0.3 is 10.6 Å². The van der Waals surface area contributed by atoms with Gasteiger partial charge in [-0.25, -0.2) is 4.68 Å². The van der Waals surface area contributed by atoms with E-state index in [2.05, 4.69) is 65.3 Å². The minimum atomic E-state index is -0.0244. The summed E-state index contributed by atoms with van der Waals surface area (Å²) in [6, 6.07) is 12.8. The first-order valence-electron chi connectivity index (χ1n) is 13.6. The number of benzene rings is 2. The van der Waals surface area contributed by atoms with Crippen LogP contribution in [-0.2, 0) is 12.8 Å². The number of halogens is 1. The summed E-state index contributed by atoms with van der Waals surface area (Å²) in [5.74, 6) is 0.728. The van der Waals surface area contributed by atoms with E-state index in [1.165, 1.54) is 36.1 Å². The fourth-order valence-electron chi connectivity index (χ4n) is 6.04. The zero-order chi connectivity index (χ0) is 26.3. The third-order valence-electron chi connectivity index (χ3n) is 8.20. The number of fused-ring (bicyclic) bond motifs is 1. The SMILES string of the molecule is C=C(N)c1c(C(=O)N2CCc3c(c(CCC)nn3-c3ccc(C4CCC4)cc3)C2CC)ccc(Br)c1C. The van der Waals surface area contributed by atoms with Crippen LogP contribution in [0.25, 0.3) is 11.4 Å². The van der Waals surface area contributed by atoms with Crippen molar-refractivity contribution in [1.82, 2.24) is 14.7 Å². The van der Waals surface area contributed by atoms with Crippen molar-refractivity contribution in [3.63, 3.8) is 0 Å². The summed E-state index contributed by atoms with van der Waals surface area (Å²) in [6.45, 7) is 10.9. The predicted octanol–water partition coefficient (Wildman–Crippen LogP) is 7.24. The summed E-state index contributed by atoms with van der Waals surface area (Å²) in [5, 5.41) is 5.14. The molecule has 5 rings (SSSR count). The van der Waals surface area contributed by atoms with Gasteiger partial charge in [0.15, 0.2) is 0 Å². The Labute approximate surface area is 228 Å². The minimum Gasteiger partial charge on any atom is -0.399 e. The molecular formula is C31H37BrN4O. The van der Waals surface area contributed by atoms with Crippen molar-refractivity contribution in [2.24, 2.45) is 5.73 Å². The number of amides is 1. The van der Waals surface area contributed by atoms with Crippen LogP contribution in [0.5, 0.6) is 0 Å². The first-order chi connectivity index (χ1) is 17.8. The van der Waals surface area contributed by atoms with Gasteiger partial charge in [-0.05, 0) is 73.9 Å². The van der Waals surface area contributed by atoms with Gasteiger partial charge in [0.2, 0.25) is 0 Å². The van der Waals surface area contributed by atoms with Crippen molar-refractivity contribution in [2.75, 3.05) is 6.54 Å². The molecule has 1 saturated carbocycles. The summed E-state index contributed by atoms with van der Waals surface area (Å²) in [4.78, 5) is 16.1. The van der Waals surface area contributed by atoms with Crippen LogP contribution in [0.4, 0.5) is 0 Å². The highest BCUT2D eigenvalue weighted by atomic mass is 79.9. The quantitative estimate of drug-likeness (QED) is 0.331. The topological polar surface area (TPSA) is 64.2 Å². The smallest absolute Gasteiger partial charge is 0.255 e. The first kappa shape index (κ1) is 25.8. The number of aryl methyl sites for hydroxylation is 1. The highest BCUT2D eigenvalue weighted by Gasteiger charge is 2.36. The normalized spacial score (nSPS) is 17.4. The van der Waals surface area contributed by atoms with Crippen molar-refractivity contribution < 1.29 is 4.79 Å². The number of aromatic nitrogens is 2. The number of carbonyl (C=O) groups is 1. The van der Waals surface area contributed by atoms with Crippen LogP contribution in [0.15, 0.2) is 47.4 Å². The highest BCUT2D eigenvalue weighted by Crippen LogP contribution is 2.40. The van der Waals surface area contributed by atoms with Crippen molar-refractivity contribution in [3.05, 3.63) is 86.7 Å². The molecule has 1 amide bonds. The Kier molecular flexibility index (Phi) is 7.30. The second kappa shape index (κ2) is 10.5. The van der Waals surface area contributed by atoms with E-state index < -0.39 is 0 Å². The maximum absolute atomic E-state index is 14.0. The second-order valence-corrected chi connectivity index (χ2v) is 11.3. The molecule has 0 spiro atoms. The molecule has 0 saturated heterocycles. The van der Waals surface area contributed by atoms with Crippen LogP contribution in [0, 0.1) is 6.92 Å². The maximum Gasteiger partial charge on any atom is 0.255 e. The zero-order valence-corrected chi connectivity index (χ0v) is 23.8. The number of nitrogens with two attached hydrogens (primary N) is 1. The Bertz CT molecular complexity index is 1340. The summed E-state index contributed by atoms with van der Waals surface area (Å²) >= 11 is 3.58. The standard InChI is InChI=1S/C31H37BrN4O/c1-5-8-26-30-27(6-2)35(31(37)24-15-16-25(32)19(3)29(24)20(4)33)18-17-28(30)36(34-26)23-13-11-22(12-14-23)21-9-7-10-21/h11-16,21,27H,4-10,17-18,33H2,1-3H3. The molecule has 1 fully saturated rings. The molecule has 2 aliphatic rings. The van der Waals surface area contributed by atoms with Gasteiger partial charge in [-0.1, -0.05) is 61.3 Å². The molecule has 0 radical (unpaired) electrons. The maximum atomic E-state index is 14.0. The summed E-state index contributed by atoms with van der Waals surface area (Å²) in [6.07, 6.45) is 7.46. The number of nitrogens with zero attached hydrogens (tertiary/aromatic N) is 3. The lowest BCUT2D eigenvalue weighted by Gasteiger charge is -2.36.